The van der Waals surface area contributed by atoms with Crippen LogP contribution in [0.2, 0.25) is 10.0 Å². The summed E-state index contributed by atoms with van der Waals surface area (Å²) >= 11 is 12.5. The molecule has 0 amide bonds. The normalized spacial score (nSPS) is 11.7. The molecule has 0 fully saturated rings. The summed E-state index contributed by atoms with van der Waals surface area (Å²) < 4.78 is 22.0. The number of aliphatic hydroxyl groups is 1. The lowest BCUT2D eigenvalue weighted by Gasteiger charge is -2.19. The van der Waals surface area contributed by atoms with E-state index in [0.29, 0.717) is 34.2 Å². The second-order valence-corrected chi connectivity index (χ2v) is 9.70. The van der Waals surface area contributed by atoms with E-state index in [0.717, 1.165) is 17.8 Å². The number of hydrogen-bond acceptors (Lipinski definition) is 6. The Balaban J connectivity index is 1.75. The fraction of sp³-hybridized carbons (Fsp3) is 0.280. The third-order valence-electron chi connectivity index (χ3n) is 5.65. The summed E-state index contributed by atoms with van der Waals surface area (Å²) in [4.78, 5) is 21.8. The Morgan fingerprint density at radius 2 is 1.86 bits per heavy atom. The van der Waals surface area contributed by atoms with E-state index in [4.69, 9.17) is 27.9 Å². The van der Waals surface area contributed by atoms with Crippen LogP contribution in [0.25, 0.3) is 11.5 Å². The Morgan fingerprint density at radius 3 is 2.50 bits per heavy atom. The number of nitrogens with zero attached hydrogens (tertiary/aromatic N) is 5. The Morgan fingerprint density at radius 1 is 1.14 bits per heavy atom. The Bertz CT molecular complexity index is 1530. The maximum atomic E-state index is 13.4. The van der Waals surface area contributed by atoms with Gasteiger partial charge < -0.3 is 9.84 Å². The van der Waals surface area contributed by atoms with E-state index in [-0.39, 0.29) is 22.4 Å². The fourth-order valence-electron chi connectivity index (χ4n) is 3.82. The SMILES string of the molecule is Cc1cnc(-n2ccc(C(C)(C)O)n2)c(C)c1-n1c(C)cc(OCc2ncc(F)cc2Cl)c(Cl)c1=O. The molecule has 0 unspecified atom stereocenters. The molecule has 0 spiro atoms. The summed E-state index contributed by atoms with van der Waals surface area (Å²) in [6, 6.07) is 4.48. The summed E-state index contributed by atoms with van der Waals surface area (Å²) in [5.41, 5.74) is 1.83. The van der Waals surface area contributed by atoms with Crippen LogP contribution < -0.4 is 10.3 Å². The highest BCUT2D eigenvalue weighted by Crippen LogP contribution is 2.29. The van der Waals surface area contributed by atoms with Gasteiger partial charge in [0.2, 0.25) is 0 Å². The van der Waals surface area contributed by atoms with E-state index >= 15 is 0 Å². The minimum Gasteiger partial charge on any atom is -0.485 e. The molecule has 36 heavy (non-hydrogen) atoms. The van der Waals surface area contributed by atoms with E-state index in [1.165, 1.54) is 4.57 Å². The molecule has 4 rings (SSSR count). The molecular formula is C25H24Cl2FN5O3. The number of halogens is 3. The van der Waals surface area contributed by atoms with Gasteiger partial charge in [-0.05, 0) is 52.3 Å². The van der Waals surface area contributed by atoms with E-state index in [1.54, 1.807) is 50.0 Å². The van der Waals surface area contributed by atoms with Crippen molar-refractivity contribution in [3.05, 3.63) is 91.2 Å². The van der Waals surface area contributed by atoms with Crippen molar-refractivity contribution in [3.63, 3.8) is 0 Å². The summed E-state index contributed by atoms with van der Waals surface area (Å²) in [6.45, 7) is 8.64. The maximum absolute atomic E-state index is 13.4. The zero-order valence-electron chi connectivity index (χ0n) is 20.3. The minimum absolute atomic E-state index is 0.0952. The highest BCUT2D eigenvalue weighted by molar-refractivity contribution is 6.32. The molecule has 4 aromatic heterocycles. The van der Waals surface area contributed by atoms with Crippen molar-refractivity contribution in [2.75, 3.05) is 0 Å². The number of hydrogen-bond donors (Lipinski definition) is 1. The van der Waals surface area contributed by atoms with Crippen LogP contribution in [0.3, 0.4) is 0 Å². The monoisotopic (exact) mass is 531 g/mol. The fourth-order valence-corrected chi connectivity index (χ4v) is 4.22. The second-order valence-electron chi connectivity index (χ2n) is 8.92. The van der Waals surface area contributed by atoms with Crippen molar-refractivity contribution < 1.29 is 14.2 Å². The van der Waals surface area contributed by atoms with Gasteiger partial charge in [-0.2, -0.15) is 5.10 Å². The Labute approximate surface area is 216 Å². The van der Waals surface area contributed by atoms with Crippen LogP contribution in [0, 0.1) is 26.6 Å². The topological polar surface area (TPSA) is 95.1 Å². The van der Waals surface area contributed by atoms with Crippen LogP contribution in [-0.2, 0) is 12.2 Å². The van der Waals surface area contributed by atoms with Crippen LogP contribution in [0.15, 0.2) is 41.6 Å². The van der Waals surface area contributed by atoms with Crippen molar-refractivity contribution in [2.45, 2.75) is 46.8 Å². The van der Waals surface area contributed by atoms with Crippen molar-refractivity contribution in [3.8, 4) is 17.3 Å². The molecule has 4 heterocycles. The van der Waals surface area contributed by atoms with Gasteiger partial charge in [0.1, 0.15) is 28.8 Å². The van der Waals surface area contributed by atoms with Crippen molar-refractivity contribution in [2.24, 2.45) is 0 Å². The molecule has 0 aliphatic carbocycles. The van der Waals surface area contributed by atoms with Gasteiger partial charge in [0, 0.05) is 29.7 Å². The number of rotatable bonds is 6. The van der Waals surface area contributed by atoms with Gasteiger partial charge in [0.25, 0.3) is 5.56 Å². The lowest BCUT2D eigenvalue weighted by atomic mass is 10.1. The van der Waals surface area contributed by atoms with Gasteiger partial charge in [-0.25, -0.2) is 14.1 Å². The van der Waals surface area contributed by atoms with Crippen LogP contribution in [0.4, 0.5) is 4.39 Å². The van der Waals surface area contributed by atoms with Crippen molar-refractivity contribution in [1.29, 1.82) is 0 Å². The summed E-state index contributed by atoms with van der Waals surface area (Å²) in [7, 11) is 0. The summed E-state index contributed by atoms with van der Waals surface area (Å²) in [6.07, 6.45) is 4.39. The predicted octanol–water partition coefficient (Wildman–Crippen LogP) is 4.99. The molecule has 0 aliphatic heterocycles. The van der Waals surface area contributed by atoms with Gasteiger partial charge in [-0.3, -0.25) is 14.3 Å². The molecule has 0 saturated carbocycles. The molecular weight excluding hydrogens is 508 g/mol. The van der Waals surface area contributed by atoms with Crippen LogP contribution in [-0.4, -0.2) is 29.4 Å². The number of ether oxygens (including phenoxy) is 1. The number of aromatic nitrogens is 5. The molecule has 0 radical (unpaired) electrons. The van der Waals surface area contributed by atoms with Crippen molar-refractivity contribution in [1.82, 2.24) is 24.3 Å². The van der Waals surface area contributed by atoms with Crippen molar-refractivity contribution >= 4 is 23.2 Å². The molecule has 0 aromatic carbocycles. The van der Waals surface area contributed by atoms with E-state index in [2.05, 4.69) is 15.1 Å². The summed E-state index contributed by atoms with van der Waals surface area (Å²) in [5, 5.41) is 14.7. The maximum Gasteiger partial charge on any atom is 0.277 e. The smallest absolute Gasteiger partial charge is 0.277 e. The van der Waals surface area contributed by atoms with E-state index in [9.17, 15) is 14.3 Å². The first kappa shape index (κ1) is 25.8. The lowest BCUT2D eigenvalue weighted by Crippen LogP contribution is -2.24. The zero-order chi connectivity index (χ0) is 26.4. The highest BCUT2D eigenvalue weighted by atomic mass is 35.5. The van der Waals surface area contributed by atoms with E-state index in [1.807, 2.05) is 13.8 Å². The zero-order valence-corrected chi connectivity index (χ0v) is 21.8. The van der Waals surface area contributed by atoms with Gasteiger partial charge in [0.15, 0.2) is 5.82 Å². The minimum atomic E-state index is -1.11. The van der Waals surface area contributed by atoms with Gasteiger partial charge >= 0.3 is 0 Å². The first-order valence-corrected chi connectivity index (χ1v) is 11.7. The average molecular weight is 532 g/mol. The molecule has 4 aromatic rings. The van der Waals surface area contributed by atoms with Crippen LogP contribution >= 0.6 is 23.2 Å². The molecule has 1 N–H and O–H groups in total. The molecule has 0 bridgehead atoms. The third-order valence-corrected chi connectivity index (χ3v) is 6.32. The summed E-state index contributed by atoms with van der Waals surface area (Å²) in [5.74, 6) is 0.101. The first-order valence-electron chi connectivity index (χ1n) is 11.0. The van der Waals surface area contributed by atoms with E-state index < -0.39 is 17.0 Å². The number of aryl methyl sites for hydroxylation is 2. The molecule has 0 saturated heterocycles. The van der Waals surface area contributed by atoms with Gasteiger partial charge in [-0.15, -0.1) is 0 Å². The quantitative estimate of drug-likeness (QED) is 0.376. The average Bonchev–Trinajstić information content (AvgIpc) is 3.29. The lowest BCUT2D eigenvalue weighted by molar-refractivity contribution is 0.0734. The molecule has 0 aliphatic rings. The molecule has 0 atom stereocenters. The standard InChI is InChI=1S/C25H24Cl2FN5O3/c1-13-10-30-23(32-7-6-20(31-32)25(4,5)35)15(3)22(13)33-14(2)8-19(21(27)24(33)34)36-12-18-17(26)9-16(28)11-29-18/h6-11,35H,12H2,1-5H3. The first-order chi connectivity index (χ1) is 16.9. The highest BCUT2D eigenvalue weighted by Gasteiger charge is 2.22. The largest absolute Gasteiger partial charge is 0.485 e. The third kappa shape index (κ3) is 4.86. The molecule has 8 nitrogen and oxygen atoms in total. The predicted molar refractivity (Wildman–Crippen MR) is 135 cm³/mol. The number of pyridine rings is 3. The molecule has 188 valence electrons. The van der Waals surface area contributed by atoms with Crippen LogP contribution in [0.5, 0.6) is 5.75 Å². The van der Waals surface area contributed by atoms with Gasteiger partial charge in [0.05, 0.1) is 28.3 Å². The van der Waals surface area contributed by atoms with Crippen LogP contribution in [0.1, 0.15) is 42.1 Å². The van der Waals surface area contributed by atoms with Gasteiger partial charge in [-0.1, -0.05) is 23.2 Å². The Hall–Kier alpha value is -3.27. The molecule has 11 heteroatoms. The second kappa shape index (κ2) is 9.65. The Kier molecular flexibility index (Phi) is 6.92.